The summed E-state index contributed by atoms with van der Waals surface area (Å²) in [5, 5.41) is 8.74. The van der Waals surface area contributed by atoms with Crippen LogP contribution in [0.4, 0.5) is 0 Å². The number of aryl methyl sites for hydroxylation is 1. The molecule has 6 nitrogen and oxygen atoms in total. The Bertz CT molecular complexity index is 883. The predicted octanol–water partition coefficient (Wildman–Crippen LogP) is 3.07. The number of hydrogen-bond acceptors (Lipinski definition) is 3. The van der Waals surface area contributed by atoms with Crippen molar-refractivity contribution in [2.75, 3.05) is 6.54 Å². The molecule has 1 aliphatic heterocycles. The van der Waals surface area contributed by atoms with Gasteiger partial charge in [-0.25, -0.2) is 4.68 Å². The number of aromatic nitrogens is 4. The van der Waals surface area contributed by atoms with Crippen molar-refractivity contribution in [3.8, 4) is 5.69 Å². The Kier molecular flexibility index (Phi) is 4.56. The number of amides is 1. The molecule has 6 heteroatoms. The van der Waals surface area contributed by atoms with Crippen LogP contribution in [0.5, 0.6) is 0 Å². The number of hydrogen-bond donors (Lipinski definition) is 0. The normalized spacial score (nSPS) is 17.4. The Morgan fingerprint density at radius 1 is 1.19 bits per heavy atom. The standard InChI is InChI=1S/C20H23N5O/c1-16-9-13-25(22-16)18-8-4-6-17(14-18)20(26)24-12-3-2-7-19(24)15-23-11-5-10-21-23/h4-6,8-11,13-14,19H,2-3,7,12,15H2,1H3/t19-/m1/s1. The molecule has 0 spiro atoms. The Morgan fingerprint density at radius 3 is 2.88 bits per heavy atom. The lowest BCUT2D eigenvalue weighted by molar-refractivity contribution is 0.0584. The van der Waals surface area contributed by atoms with E-state index in [0.29, 0.717) is 5.56 Å². The maximum Gasteiger partial charge on any atom is 0.254 e. The molecule has 1 aromatic carbocycles. The van der Waals surface area contributed by atoms with Crippen molar-refractivity contribution in [1.29, 1.82) is 0 Å². The van der Waals surface area contributed by atoms with E-state index in [2.05, 4.69) is 10.2 Å². The minimum absolute atomic E-state index is 0.0904. The van der Waals surface area contributed by atoms with Crippen LogP contribution >= 0.6 is 0 Å². The van der Waals surface area contributed by atoms with E-state index < -0.39 is 0 Å². The van der Waals surface area contributed by atoms with Crippen molar-refractivity contribution in [1.82, 2.24) is 24.5 Å². The monoisotopic (exact) mass is 349 g/mol. The number of nitrogens with zero attached hydrogens (tertiary/aromatic N) is 5. The van der Waals surface area contributed by atoms with Crippen molar-refractivity contribution in [2.45, 2.75) is 38.8 Å². The number of likely N-dealkylation sites (tertiary alicyclic amines) is 1. The van der Waals surface area contributed by atoms with Crippen LogP contribution in [-0.2, 0) is 6.54 Å². The topological polar surface area (TPSA) is 56.0 Å². The zero-order valence-corrected chi connectivity index (χ0v) is 15.0. The van der Waals surface area contributed by atoms with Gasteiger partial charge in [0, 0.05) is 30.7 Å². The Labute approximate surface area is 153 Å². The van der Waals surface area contributed by atoms with Gasteiger partial charge in [-0.1, -0.05) is 6.07 Å². The van der Waals surface area contributed by atoms with Crippen molar-refractivity contribution >= 4 is 5.91 Å². The summed E-state index contributed by atoms with van der Waals surface area (Å²) in [4.78, 5) is 15.2. The second kappa shape index (κ2) is 7.15. The molecular weight excluding hydrogens is 326 g/mol. The summed E-state index contributed by atoms with van der Waals surface area (Å²) in [5.74, 6) is 0.0904. The van der Waals surface area contributed by atoms with Crippen LogP contribution in [0.25, 0.3) is 5.69 Å². The number of carbonyl (C=O) groups is 1. The SMILES string of the molecule is Cc1ccn(-c2cccc(C(=O)N3CCCC[C@@H]3Cn3cccn3)c2)n1. The van der Waals surface area contributed by atoms with E-state index in [1.807, 2.05) is 70.0 Å². The molecule has 3 aromatic rings. The smallest absolute Gasteiger partial charge is 0.254 e. The first-order valence-electron chi connectivity index (χ1n) is 9.12. The third-order valence-electron chi connectivity index (χ3n) is 4.93. The van der Waals surface area contributed by atoms with E-state index in [1.165, 1.54) is 0 Å². The lowest BCUT2D eigenvalue weighted by Gasteiger charge is -2.36. The summed E-state index contributed by atoms with van der Waals surface area (Å²) in [6.45, 7) is 3.51. The van der Waals surface area contributed by atoms with Crippen LogP contribution in [0.3, 0.4) is 0 Å². The average Bonchev–Trinajstić information content (AvgIpc) is 3.33. The third kappa shape index (κ3) is 3.40. The Balaban J connectivity index is 1.57. The molecule has 1 amide bonds. The number of rotatable bonds is 4. The molecule has 0 saturated carbocycles. The minimum Gasteiger partial charge on any atom is -0.334 e. The molecule has 1 fully saturated rings. The van der Waals surface area contributed by atoms with Crippen LogP contribution in [0.1, 0.15) is 35.3 Å². The van der Waals surface area contributed by atoms with Gasteiger partial charge in [0.1, 0.15) is 0 Å². The highest BCUT2D eigenvalue weighted by atomic mass is 16.2. The summed E-state index contributed by atoms with van der Waals surface area (Å²) in [7, 11) is 0. The zero-order chi connectivity index (χ0) is 17.9. The fraction of sp³-hybridized carbons (Fsp3) is 0.350. The molecule has 1 aliphatic rings. The number of piperidine rings is 1. The quantitative estimate of drug-likeness (QED) is 0.727. The first-order valence-corrected chi connectivity index (χ1v) is 9.12. The van der Waals surface area contributed by atoms with Gasteiger partial charge in [0.2, 0.25) is 0 Å². The van der Waals surface area contributed by atoms with E-state index in [-0.39, 0.29) is 11.9 Å². The summed E-state index contributed by atoms with van der Waals surface area (Å²) < 4.78 is 3.72. The second-order valence-corrected chi connectivity index (χ2v) is 6.83. The van der Waals surface area contributed by atoms with Crippen molar-refractivity contribution in [3.05, 3.63) is 66.2 Å². The average molecular weight is 349 g/mol. The van der Waals surface area contributed by atoms with Crippen molar-refractivity contribution in [2.24, 2.45) is 0 Å². The van der Waals surface area contributed by atoms with Crippen LogP contribution in [0.15, 0.2) is 55.0 Å². The van der Waals surface area contributed by atoms with Gasteiger partial charge in [-0.3, -0.25) is 9.48 Å². The van der Waals surface area contributed by atoms with Gasteiger partial charge >= 0.3 is 0 Å². The predicted molar refractivity (Wildman–Crippen MR) is 99.2 cm³/mol. The van der Waals surface area contributed by atoms with E-state index >= 15 is 0 Å². The molecule has 0 unspecified atom stereocenters. The summed E-state index contributed by atoms with van der Waals surface area (Å²) >= 11 is 0. The first kappa shape index (κ1) is 16.6. The Hall–Kier alpha value is -2.89. The number of benzene rings is 1. The van der Waals surface area contributed by atoms with Crippen LogP contribution in [-0.4, -0.2) is 43.0 Å². The third-order valence-corrected chi connectivity index (χ3v) is 4.93. The molecule has 1 saturated heterocycles. The van der Waals surface area contributed by atoms with E-state index in [0.717, 1.165) is 43.7 Å². The van der Waals surface area contributed by atoms with Gasteiger partial charge in [-0.2, -0.15) is 10.2 Å². The molecular formula is C20H23N5O. The van der Waals surface area contributed by atoms with Gasteiger partial charge in [0.15, 0.2) is 0 Å². The van der Waals surface area contributed by atoms with Gasteiger partial charge < -0.3 is 4.90 Å². The molecule has 4 rings (SSSR count). The highest BCUT2D eigenvalue weighted by molar-refractivity contribution is 5.95. The van der Waals surface area contributed by atoms with Crippen molar-refractivity contribution in [3.63, 3.8) is 0 Å². The molecule has 2 aromatic heterocycles. The highest BCUT2D eigenvalue weighted by Gasteiger charge is 2.28. The molecule has 0 bridgehead atoms. The largest absolute Gasteiger partial charge is 0.334 e. The molecule has 3 heterocycles. The van der Waals surface area contributed by atoms with E-state index in [1.54, 1.807) is 6.20 Å². The number of carbonyl (C=O) groups excluding carboxylic acids is 1. The second-order valence-electron chi connectivity index (χ2n) is 6.83. The van der Waals surface area contributed by atoms with Gasteiger partial charge in [-0.05, 0) is 56.5 Å². The molecule has 0 radical (unpaired) electrons. The van der Waals surface area contributed by atoms with E-state index in [9.17, 15) is 4.79 Å². The summed E-state index contributed by atoms with van der Waals surface area (Å²) in [6, 6.07) is 11.8. The lowest BCUT2D eigenvalue weighted by atomic mass is 10.0. The lowest BCUT2D eigenvalue weighted by Crippen LogP contribution is -2.45. The highest BCUT2D eigenvalue weighted by Crippen LogP contribution is 2.22. The van der Waals surface area contributed by atoms with Crippen LogP contribution in [0, 0.1) is 6.92 Å². The molecule has 1 atom stereocenters. The van der Waals surface area contributed by atoms with Crippen LogP contribution < -0.4 is 0 Å². The molecule has 0 N–H and O–H groups in total. The van der Waals surface area contributed by atoms with Crippen molar-refractivity contribution < 1.29 is 4.79 Å². The zero-order valence-electron chi connectivity index (χ0n) is 15.0. The first-order chi connectivity index (χ1) is 12.7. The van der Waals surface area contributed by atoms with Crippen LogP contribution in [0.2, 0.25) is 0 Å². The van der Waals surface area contributed by atoms with Gasteiger partial charge in [0.25, 0.3) is 5.91 Å². The maximum atomic E-state index is 13.2. The summed E-state index contributed by atoms with van der Waals surface area (Å²) in [5.41, 5.74) is 2.57. The minimum atomic E-state index is 0.0904. The fourth-order valence-corrected chi connectivity index (χ4v) is 3.59. The molecule has 26 heavy (non-hydrogen) atoms. The van der Waals surface area contributed by atoms with Gasteiger partial charge in [-0.15, -0.1) is 0 Å². The van der Waals surface area contributed by atoms with Gasteiger partial charge in [0.05, 0.1) is 24.0 Å². The van der Waals surface area contributed by atoms with E-state index in [4.69, 9.17) is 0 Å². The summed E-state index contributed by atoms with van der Waals surface area (Å²) in [6.07, 6.45) is 8.88. The fourth-order valence-electron chi connectivity index (χ4n) is 3.59. The maximum absolute atomic E-state index is 13.2. The molecule has 134 valence electrons. The Morgan fingerprint density at radius 2 is 2.12 bits per heavy atom. The molecule has 0 aliphatic carbocycles.